The minimum atomic E-state index is 0.484. The standard InChI is InChI=1S/C10H8BrClN2S/c11-5-7-6-15-10(13)14(7)9-4-2-1-3-8(9)12/h1-4,6,13H,5H2. The second kappa shape index (κ2) is 4.51. The van der Waals surface area contributed by atoms with Crippen molar-refractivity contribution < 1.29 is 0 Å². The molecule has 0 atom stereocenters. The first-order chi connectivity index (χ1) is 7.24. The normalized spacial score (nSPS) is 10.5. The highest BCUT2D eigenvalue weighted by molar-refractivity contribution is 9.08. The van der Waals surface area contributed by atoms with E-state index in [0.29, 0.717) is 15.2 Å². The first-order valence-corrected chi connectivity index (χ1v) is 6.67. The average Bonchev–Trinajstić information content (AvgIpc) is 2.60. The van der Waals surface area contributed by atoms with Gasteiger partial charge < -0.3 is 0 Å². The van der Waals surface area contributed by atoms with Gasteiger partial charge in [0.2, 0.25) is 0 Å². The third kappa shape index (κ3) is 2.02. The molecule has 1 N–H and O–H groups in total. The van der Waals surface area contributed by atoms with E-state index in [1.807, 2.05) is 34.2 Å². The lowest BCUT2D eigenvalue weighted by Gasteiger charge is -2.07. The Morgan fingerprint density at radius 1 is 1.40 bits per heavy atom. The van der Waals surface area contributed by atoms with Gasteiger partial charge >= 0.3 is 0 Å². The lowest BCUT2D eigenvalue weighted by molar-refractivity contribution is 0.929. The van der Waals surface area contributed by atoms with Gasteiger partial charge in [-0.1, -0.05) is 39.7 Å². The highest BCUT2D eigenvalue weighted by Crippen LogP contribution is 2.21. The lowest BCUT2D eigenvalue weighted by Crippen LogP contribution is -2.13. The van der Waals surface area contributed by atoms with Crippen molar-refractivity contribution >= 4 is 38.9 Å². The van der Waals surface area contributed by atoms with Gasteiger partial charge in [-0.3, -0.25) is 9.98 Å². The Morgan fingerprint density at radius 3 is 2.80 bits per heavy atom. The van der Waals surface area contributed by atoms with Gasteiger partial charge in [0.1, 0.15) is 0 Å². The number of rotatable bonds is 2. The van der Waals surface area contributed by atoms with Crippen LogP contribution >= 0.6 is 38.9 Å². The van der Waals surface area contributed by atoms with Crippen molar-refractivity contribution in [3.8, 4) is 5.69 Å². The largest absolute Gasteiger partial charge is 0.288 e. The Morgan fingerprint density at radius 2 is 2.13 bits per heavy atom. The molecule has 0 aliphatic rings. The van der Waals surface area contributed by atoms with E-state index in [1.54, 1.807) is 0 Å². The number of nitrogens with zero attached hydrogens (tertiary/aromatic N) is 1. The summed E-state index contributed by atoms with van der Waals surface area (Å²) in [6.07, 6.45) is 0. The van der Waals surface area contributed by atoms with E-state index in [-0.39, 0.29) is 0 Å². The van der Waals surface area contributed by atoms with E-state index < -0.39 is 0 Å². The van der Waals surface area contributed by atoms with Gasteiger partial charge in [-0.15, -0.1) is 11.3 Å². The summed E-state index contributed by atoms with van der Waals surface area (Å²) < 4.78 is 1.85. The smallest absolute Gasteiger partial charge is 0.186 e. The second-order valence-electron chi connectivity index (χ2n) is 2.95. The molecule has 2 nitrogen and oxygen atoms in total. The van der Waals surface area contributed by atoms with Gasteiger partial charge in [-0.2, -0.15) is 0 Å². The Bertz CT molecular complexity index is 532. The van der Waals surface area contributed by atoms with E-state index in [1.165, 1.54) is 11.3 Å². The summed E-state index contributed by atoms with van der Waals surface area (Å²) in [4.78, 5) is 0.484. The number of hydrogen-bond donors (Lipinski definition) is 1. The number of nitrogens with one attached hydrogen (secondary N) is 1. The molecule has 1 heterocycles. The van der Waals surface area contributed by atoms with Crippen LogP contribution in [-0.2, 0) is 5.33 Å². The number of para-hydroxylation sites is 1. The Labute approximate surface area is 105 Å². The van der Waals surface area contributed by atoms with Crippen molar-refractivity contribution in [2.24, 2.45) is 0 Å². The zero-order valence-electron chi connectivity index (χ0n) is 7.71. The van der Waals surface area contributed by atoms with Crippen LogP contribution in [0.2, 0.25) is 5.02 Å². The molecule has 2 aromatic rings. The molecule has 0 unspecified atom stereocenters. The molecule has 0 bridgehead atoms. The summed E-state index contributed by atoms with van der Waals surface area (Å²) >= 11 is 10.9. The molecule has 0 radical (unpaired) electrons. The maximum absolute atomic E-state index is 7.83. The monoisotopic (exact) mass is 302 g/mol. The third-order valence-corrected chi connectivity index (χ3v) is 3.72. The van der Waals surface area contributed by atoms with Crippen LogP contribution < -0.4 is 4.80 Å². The topological polar surface area (TPSA) is 28.8 Å². The van der Waals surface area contributed by atoms with E-state index in [2.05, 4.69) is 15.9 Å². The second-order valence-corrected chi connectivity index (χ2v) is 4.78. The number of halogens is 2. The Balaban J connectivity index is 2.68. The van der Waals surface area contributed by atoms with E-state index >= 15 is 0 Å². The fourth-order valence-corrected chi connectivity index (χ4v) is 2.95. The molecule has 78 valence electrons. The minimum absolute atomic E-state index is 0.484. The van der Waals surface area contributed by atoms with E-state index in [0.717, 1.165) is 11.4 Å². The van der Waals surface area contributed by atoms with Crippen LogP contribution in [0.1, 0.15) is 5.69 Å². The maximum atomic E-state index is 7.83. The molecule has 2 rings (SSSR count). The van der Waals surface area contributed by atoms with Crippen LogP contribution in [0, 0.1) is 5.41 Å². The summed E-state index contributed by atoms with van der Waals surface area (Å²) in [5.74, 6) is 0. The SMILES string of the molecule is N=c1scc(CBr)n1-c1ccccc1Cl. The van der Waals surface area contributed by atoms with E-state index in [4.69, 9.17) is 17.0 Å². The van der Waals surface area contributed by atoms with Crippen LogP contribution in [-0.4, -0.2) is 4.57 Å². The molecule has 1 aromatic carbocycles. The molecular formula is C10H8BrClN2S. The fraction of sp³-hybridized carbons (Fsp3) is 0.100. The van der Waals surface area contributed by atoms with Crippen molar-refractivity contribution in [3.05, 3.63) is 45.2 Å². The summed E-state index contributed by atoms with van der Waals surface area (Å²) in [6.45, 7) is 0. The molecule has 0 spiro atoms. The number of alkyl halides is 1. The molecule has 15 heavy (non-hydrogen) atoms. The summed E-state index contributed by atoms with van der Waals surface area (Å²) in [5, 5.41) is 11.2. The predicted molar refractivity (Wildman–Crippen MR) is 67.1 cm³/mol. The van der Waals surface area contributed by atoms with Gasteiger partial charge in [0.15, 0.2) is 4.80 Å². The first kappa shape index (κ1) is 10.9. The molecular weight excluding hydrogens is 296 g/mol. The molecule has 0 saturated heterocycles. The zero-order chi connectivity index (χ0) is 10.8. The van der Waals surface area contributed by atoms with Crippen LogP contribution in [0.3, 0.4) is 0 Å². The number of aromatic nitrogens is 1. The van der Waals surface area contributed by atoms with Crippen molar-refractivity contribution in [2.45, 2.75) is 5.33 Å². The highest BCUT2D eigenvalue weighted by atomic mass is 79.9. The molecule has 0 amide bonds. The van der Waals surface area contributed by atoms with E-state index in [9.17, 15) is 0 Å². The number of hydrogen-bond acceptors (Lipinski definition) is 2. The lowest BCUT2D eigenvalue weighted by atomic mass is 10.3. The van der Waals surface area contributed by atoms with Crippen LogP contribution in [0.5, 0.6) is 0 Å². The molecule has 5 heteroatoms. The minimum Gasteiger partial charge on any atom is -0.288 e. The molecule has 0 saturated carbocycles. The van der Waals surface area contributed by atoms with Gasteiger partial charge in [0.05, 0.1) is 10.7 Å². The first-order valence-electron chi connectivity index (χ1n) is 4.29. The summed E-state index contributed by atoms with van der Waals surface area (Å²) in [5.41, 5.74) is 1.90. The quantitative estimate of drug-likeness (QED) is 0.822. The van der Waals surface area contributed by atoms with Gasteiger partial charge in [-0.05, 0) is 12.1 Å². The molecule has 1 aromatic heterocycles. The van der Waals surface area contributed by atoms with Crippen LogP contribution in [0.15, 0.2) is 29.6 Å². The van der Waals surface area contributed by atoms with Crippen LogP contribution in [0.25, 0.3) is 5.69 Å². The third-order valence-electron chi connectivity index (χ3n) is 2.03. The number of benzene rings is 1. The van der Waals surface area contributed by atoms with Crippen molar-refractivity contribution in [1.82, 2.24) is 4.57 Å². The maximum Gasteiger partial charge on any atom is 0.186 e. The van der Waals surface area contributed by atoms with Crippen molar-refractivity contribution in [3.63, 3.8) is 0 Å². The Hall–Kier alpha value is -0.580. The highest BCUT2D eigenvalue weighted by Gasteiger charge is 2.08. The fourth-order valence-electron chi connectivity index (χ4n) is 1.35. The van der Waals surface area contributed by atoms with Gasteiger partial charge in [0.25, 0.3) is 0 Å². The average molecular weight is 304 g/mol. The molecule has 0 aliphatic heterocycles. The Kier molecular flexibility index (Phi) is 3.29. The molecule has 0 fully saturated rings. The van der Waals surface area contributed by atoms with Gasteiger partial charge in [0, 0.05) is 16.4 Å². The van der Waals surface area contributed by atoms with Crippen molar-refractivity contribution in [2.75, 3.05) is 0 Å². The van der Waals surface area contributed by atoms with Crippen LogP contribution in [0.4, 0.5) is 0 Å². The molecule has 0 aliphatic carbocycles. The van der Waals surface area contributed by atoms with Gasteiger partial charge in [-0.25, -0.2) is 0 Å². The predicted octanol–water partition coefficient (Wildman–Crippen LogP) is 3.57. The van der Waals surface area contributed by atoms with Crippen molar-refractivity contribution in [1.29, 1.82) is 5.41 Å². The zero-order valence-corrected chi connectivity index (χ0v) is 10.9. The summed E-state index contributed by atoms with van der Waals surface area (Å²) in [7, 11) is 0. The number of thiazole rings is 1. The summed E-state index contributed by atoms with van der Waals surface area (Å²) in [6, 6.07) is 7.55.